The number of hydrogen-bond donors (Lipinski definition) is 2. The van der Waals surface area contributed by atoms with Gasteiger partial charge in [-0.05, 0) is 13.8 Å². The number of carboxylic acid groups (broad SMARTS) is 1. The van der Waals surface area contributed by atoms with E-state index in [4.69, 9.17) is 24.4 Å². The minimum absolute atomic E-state index is 0.304. The van der Waals surface area contributed by atoms with Gasteiger partial charge in [0.1, 0.15) is 12.2 Å². The molecule has 1 heterocycles. The smallest absolute Gasteiger partial charge is 0.335 e. The lowest BCUT2D eigenvalue weighted by Crippen LogP contribution is -2.43. The summed E-state index contributed by atoms with van der Waals surface area (Å²) in [7, 11) is 1.28. The standard InChI is InChI=1S/C9H16O6/c1-9(2)14-5(4-10)6(15-9)7(13-3)8(11)12/h5-7,10H,4H2,1-3H3,(H,11,12)/t5-,6-,7+/m1/s1. The average molecular weight is 220 g/mol. The monoisotopic (exact) mass is 220 g/mol. The molecule has 0 aromatic rings. The van der Waals surface area contributed by atoms with Gasteiger partial charge in [0.2, 0.25) is 0 Å². The van der Waals surface area contributed by atoms with Crippen LogP contribution in [0.4, 0.5) is 0 Å². The zero-order valence-electron chi connectivity index (χ0n) is 8.97. The van der Waals surface area contributed by atoms with E-state index < -0.39 is 30.1 Å². The highest BCUT2D eigenvalue weighted by Crippen LogP contribution is 2.30. The molecule has 0 unspecified atom stereocenters. The molecule has 1 aliphatic rings. The molecule has 88 valence electrons. The highest BCUT2D eigenvalue weighted by Gasteiger charge is 2.47. The summed E-state index contributed by atoms with van der Waals surface area (Å²) in [5.41, 5.74) is 0. The lowest BCUT2D eigenvalue weighted by molar-refractivity contribution is -0.171. The largest absolute Gasteiger partial charge is 0.479 e. The Bertz CT molecular complexity index is 239. The first-order valence-electron chi connectivity index (χ1n) is 4.63. The lowest BCUT2D eigenvalue weighted by Gasteiger charge is -2.21. The van der Waals surface area contributed by atoms with Crippen molar-refractivity contribution in [2.24, 2.45) is 0 Å². The summed E-state index contributed by atoms with van der Waals surface area (Å²) in [6.07, 6.45) is -2.61. The second kappa shape index (κ2) is 4.44. The van der Waals surface area contributed by atoms with Gasteiger partial charge in [0.05, 0.1) is 6.61 Å². The van der Waals surface area contributed by atoms with Gasteiger partial charge in [0.25, 0.3) is 0 Å². The topological polar surface area (TPSA) is 85.2 Å². The Morgan fingerprint density at radius 3 is 2.53 bits per heavy atom. The molecule has 0 amide bonds. The van der Waals surface area contributed by atoms with Gasteiger partial charge >= 0.3 is 5.97 Å². The van der Waals surface area contributed by atoms with Crippen molar-refractivity contribution in [1.29, 1.82) is 0 Å². The van der Waals surface area contributed by atoms with Crippen molar-refractivity contribution in [3.63, 3.8) is 0 Å². The second-order valence-corrected chi connectivity index (χ2v) is 3.82. The van der Waals surface area contributed by atoms with Gasteiger partial charge in [0.15, 0.2) is 11.9 Å². The number of carbonyl (C=O) groups is 1. The molecule has 0 aromatic carbocycles. The maximum atomic E-state index is 10.8. The zero-order valence-corrected chi connectivity index (χ0v) is 8.97. The van der Waals surface area contributed by atoms with Gasteiger partial charge in [-0.3, -0.25) is 0 Å². The Labute approximate surface area is 87.7 Å². The number of methoxy groups -OCH3 is 1. The summed E-state index contributed by atoms with van der Waals surface area (Å²) in [4.78, 5) is 10.8. The molecular formula is C9H16O6. The number of aliphatic hydroxyl groups is 1. The fraction of sp³-hybridized carbons (Fsp3) is 0.889. The van der Waals surface area contributed by atoms with E-state index in [9.17, 15) is 4.79 Å². The molecule has 1 aliphatic heterocycles. The average Bonchev–Trinajstić information content (AvgIpc) is 2.42. The summed E-state index contributed by atoms with van der Waals surface area (Å²) < 4.78 is 15.5. The van der Waals surface area contributed by atoms with E-state index in [1.54, 1.807) is 13.8 Å². The first-order valence-corrected chi connectivity index (χ1v) is 4.63. The van der Waals surface area contributed by atoms with Crippen LogP contribution in [0.5, 0.6) is 0 Å². The number of aliphatic carboxylic acids is 1. The third-order valence-electron chi connectivity index (χ3n) is 2.20. The van der Waals surface area contributed by atoms with E-state index in [-0.39, 0.29) is 6.61 Å². The van der Waals surface area contributed by atoms with Gasteiger partial charge in [0, 0.05) is 7.11 Å². The first-order chi connectivity index (χ1) is 6.91. The van der Waals surface area contributed by atoms with E-state index in [0.29, 0.717) is 0 Å². The van der Waals surface area contributed by atoms with E-state index in [0.717, 1.165) is 0 Å². The SMILES string of the molecule is CO[C@H](C(=O)O)[C@@H]1OC(C)(C)O[C@@H]1CO. The summed E-state index contributed by atoms with van der Waals surface area (Å²) in [5, 5.41) is 17.9. The fourth-order valence-corrected chi connectivity index (χ4v) is 1.64. The Hall–Kier alpha value is -0.690. The molecule has 0 bridgehead atoms. The molecule has 0 spiro atoms. The number of ether oxygens (including phenoxy) is 3. The van der Waals surface area contributed by atoms with Gasteiger partial charge in [-0.25, -0.2) is 4.79 Å². The van der Waals surface area contributed by atoms with Crippen molar-refractivity contribution in [3.8, 4) is 0 Å². The van der Waals surface area contributed by atoms with Crippen molar-refractivity contribution in [2.45, 2.75) is 37.9 Å². The van der Waals surface area contributed by atoms with Gasteiger partial charge < -0.3 is 24.4 Å². The maximum Gasteiger partial charge on any atom is 0.335 e. The molecule has 0 radical (unpaired) electrons. The van der Waals surface area contributed by atoms with E-state index in [2.05, 4.69) is 0 Å². The highest BCUT2D eigenvalue weighted by atomic mass is 16.8. The van der Waals surface area contributed by atoms with Crippen molar-refractivity contribution < 1.29 is 29.2 Å². The van der Waals surface area contributed by atoms with Crippen molar-refractivity contribution in [1.82, 2.24) is 0 Å². The van der Waals surface area contributed by atoms with E-state index >= 15 is 0 Å². The van der Waals surface area contributed by atoms with Crippen LogP contribution in [-0.2, 0) is 19.0 Å². The van der Waals surface area contributed by atoms with Crippen LogP contribution in [0.15, 0.2) is 0 Å². The van der Waals surface area contributed by atoms with Crippen LogP contribution in [0.1, 0.15) is 13.8 Å². The van der Waals surface area contributed by atoms with Crippen molar-refractivity contribution >= 4 is 5.97 Å². The van der Waals surface area contributed by atoms with Crippen molar-refractivity contribution in [2.75, 3.05) is 13.7 Å². The lowest BCUT2D eigenvalue weighted by atomic mass is 10.1. The van der Waals surface area contributed by atoms with Crippen LogP contribution in [0.25, 0.3) is 0 Å². The Balaban J connectivity index is 2.79. The molecule has 1 fully saturated rings. The van der Waals surface area contributed by atoms with Gasteiger partial charge in [-0.15, -0.1) is 0 Å². The molecule has 2 N–H and O–H groups in total. The second-order valence-electron chi connectivity index (χ2n) is 3.82. The maximum absolute atomic E-state index is 10.8. The van der Waals surface area contributed by atoms with Crippen LogP contribution in [0, 0.1) is 0 Å². The van der Waals surface area contributed by atoms with Crippen LogP contribution >= 0.6 is 0 Å². The first kappa shape index (κ1) is 12.4. The molecule has 1 rings (SSSR count). The molecular weight excluding hydrogens is 204 g/mol. The molecule has 6 nitrogen and oxygen atoms in total. The van der Waals surface area contributed by atoms with Crippen LogP contribution in [0.2, 0.25) is 0 Å². The third kappa shape index (κ3) is 2.66. The molecule has 0 aromatic heterocycles. The number of hydrogen-bond acceptors (Lipinski definition) is 5. The normalized spacial score (nSPS) is 31.5. The molecule has 15 heavy (non-hydrogen) atoms. The van der Waals surface area contributed by atoms with Crippen LogP contribution < -0.4 is 0 Å². The van der Waals surface area contributed by atoms with Gasteiger partial charge in [-0.1, -0.05) is 0 Å². The number of rotatable bonds is 4. The minimum atomic E-state index is -1.14. The minimum Gasteiger partial charge on any atom is -0.479 e. The molecule has 1 saturated heterocycles. The molecule has 6 heteroatoms. The summed E-state index contributed by atoms with van der Waals surface area (Å²) in [5.74, 6) is -2.04. The van der Waals surface area contributed by atoms with Crippen LogP contribution in [-0.4, -0.2) is 54.0 Å². The fourth-order valence-electron chi connectivity index (χ4n) is 1.64. The predicted octanol–water partition coefficient (Wildman–Crippen LogP) is -0.402. The summed E-state index contributed by atoms with van der Waals surface area (Å²) in [6.45, 7) is 3.01. The molecule has 0 saturated carbocycles. The summed E-state index contributed by atoms with van der Waals surface area (Å²) in [6, 6.07) is 0. The number of carboxylic acids is 1. The van der Waals surface area contributed by atoms with Gasteiger partial charge in [-0.2, -0.15) is 0 Å². The highest BCUT2D eigenvalue weighted by molar-refractivity contribution is 5.73. The number of aliphatic hydroxyl groups excluding tert-OH is 1. The van der Waals surface area contributed by atoms with E-state index in [1.807, 2.05) is 0 Å². The Kier molecular flexibility index (Phi) is 3.67. The third-order valence-corrected chi connectivity index (χ3v) is 2.20. The van der Waals surface area contributed by atoms with Crippen molar-refractivity contribution in [3.05, 3.63) is 0 Å². The summed E-state index contributed by atoms with van der Waals surface area (Å²) >= 11 is 0. The molecule has 0 aliphatic carbocycles. The van der Waals surface area contributed by atoms with E-state index in [1.165, 1.54) is 7.11 Å². The quantitative estimate of drug-likeness (QED) is 0.670. The Morgan fingerprint density at radius 2 is 2.13 bits per heavy atom. The predicted molar refractivity (Wildman–Crippen MR) is 49.3 cm³/mol. The molecule has 3 atom stereocenters. The Morgan fingerprint density at radius 1 is 1.53 bits per heavy atom. The zero-order chi connectivity index (χ0) is 11.6. The van der Waals surface area contributed by atoms with Crippen LogP contribution in [0.3, 0.4) is 0 Å².